The number of hydrogen-bond donors (Lipinski definition) is 1. The highest BCUT2D eigenvalue weighted by Crippen LogP contribution is 2.29. The van der Waals surface area contributed by atoms with E-state index >= 15 is 0 Å². The van der Waals surface area contributed by atoms with E-state index in [0.717, 1.165) is 50.5 Å². The fraction of sp³-hybridized carbons (Fsp3) is 0.667. The van der Waals surface area contributed by atoms with Crippen molar-refractivity contribution < 1.29 is 4.79 Å². The van der Waals surface area contributed by atoms with Crippen molar-refractivity contribution in [3.63, 3.8) is 0 Å². The molecule has 152 valence electrons. The van der Waals surface area contributed by atoms with E-state index in [1.807, 2.05) is 6.07 Å². The van der Waals surface area contributed by atoms with E-state index < -0.39 is 0 Å². The zero-order valence-corrected chi connectivity index (χ0v) is 17.9. The smallest absolute Gasteiger partial charge is 0.253 e. The summed E-state index contributed by atoms with van der Waals surface area (Å²) in [5, 5.41) is 3.43. The maximum atomic E-state index is 13.1. The fourth-order valence-electron chi connectivity index (χ4n) is 4.93. The monoisotopic (exact) mass is 413 g/mol. The van der Waals surface area contributed by atoms with Crippen LogP contribution in [0.15, 0.2) is 24.3 Å². The number of nitrogens with one attached hydrogen (secondary N) is 1. The zero-order valence-electron chi connectivity index (χ0n) is 16.2. The van der Waals surface area contributed by atoms with Crippen LogP contribution in [0.5, 0.6) is 0 Å². The van der Waals surface area contributed by atoms with Crippen LogP contribution in [-0.2, 0) is 6.42 Å². The van der Waals surface area contributed by atoms with Crippen LogP contribution in [0, 0.1) is 5.92 Å². The van der Waals surface area contributed by atoms with Crippen molar-refractivity contribution in [2.75, 3.05) is 33.2 Å². The van der Waals surface area contributed by atoms with Crippen LogP contribution in [0.3, 0.4) is 0 Å². The number of piperidine rings is 1. The van der Waals surface area contributed by atoms with Crippen LogP contribution in [0.1, 0.15) is 48.0 Å². The summed E-state index contributed by atoms with van der Waals surface area (Å²) in [4.78, 5) is 17.7. The predicted octanol–water partition coefficient (Wildman–Crippen LogP) is 3.38. The Kier molecular flexibility index (Phi) is 8.41. The van der Waals surface area contributed by atoms with Gasteiger partial charge in [-0.15, -0.1) is 24.8 Å². The number of likely N-dealkylation sites (tertiary alicyclic amines) is 1. The lowest BCUT2D eigenvalue weighted by Crippen LogP contribution is -2.39. The van der Waals surface area contributed by atoms with Crippen molar-refractivity contribution in [2.24, 2.45) is 5.92 Å². The van der Waals surface area contributed by atoms with E-state index in [-0.39, 0.29) is 30.7 Å². The number of hydrogen-bond acceptors (Lipinski definition) is 3. The van der Waals surface area contributed by atoms with Gasteiger partial charge < -0.3 is 10.2 Å². The van der Waals surface area contributed by atoms with Gasteiger partial charge in [-0.3, -0.25) is 9.69 Å². The summed E-state index contributed by atoms with van der Waals surface area (Å²) < 4.78 is 0. The number of halogens is 2. The number of amides is 1. The summed E-state index contributed by atoms with van der Waals surface area (Å²) in [5.41, 5.74) is 2.21. The maximum absolute atomic E-state index is 13.1. The molecule has 1 aromatic carbocycles. The fourth-order valence-corrected chi connectivity index (χ4v) is 4.93. The maximum Gasteiger partial charge on any atom is 0.253 e. The number of benzene rings is 1. The summed E-state index contributed by atoms with van der Waals surface area (Å²) in [7, 11) is 2.23. The van der Waals surface area contributed by atoms with E-state index in [0.29, 0.717) is 12.1 Å². The highest BCUT2D eigenvalue weighted by Gasteiger charge is 2.36. The largest absolute Gasteiger partial charge is 0.337 e. The summed E-state index contributed by atoms with van der Waals surface area (Å²) in [6, 6.07) is 9.64. The molecule has 0 spiro atoms. The number of fused-ring (bicyclic) bond motifs is 2. The molecular weight excluding hydrogens is 381 g/mol. The third-order valence-corrected chi connectivity index (χ3v) is 6.59. The normalized spacial score (nSPS) is 26.0. The van der Waals surface area contributed by atoms with Crippen molar-refractivity contribution in [2.45, 2.75) is 50.6 Å². The van der Waals surface area contributed by atoms with Crippen LogP contribution in [-0.4, -0.2) is 61.0 Å². The first-order valence-corrected chi connectivity index (χ1v) is 10.0. The quantitative estimate of drug-likeness (QED) is 0.824. The molecule has 0 saturated carbocycles. The number of rotatable bonds is 3. The van der Waals surface area contributed by atoms with Crippen molar-refractivity contribution in [3.8, 4) is 0 Å². The molecule has 0 aliphatic carbocycles. The molecule has 0 radical (unpaired) electrons. The van der Waals surface area contributed by atoms with E-state index in [1.54, 1.807) is 0 Å². The Balaban J connectivity index is 0.00000131. The van der Waals surface area contributed by atoms with Crippen LogP contribution in [0.4, 0.5) is 0 Å². The minimum absolute atomic E-state index is 0. The second-order valence-electron chi connectivity index (χ2n) is 8.19. The highest BCUT2D eigenvalue weighted by atomic mass is 35.5. The van der Waals surface area contributed by atoms with Crippen LogP contribution >= 0.6 is 24.8 Å². The average molecular weight is 414 g/mol. The van der Waals surface area contributed by atoms with E-state index in [2.05, 4.69) is 40.4 Å². The zero-order chi connectivity index (χ0) is 17.2. The first-order chi connectivity index (χ1) is 12.2. The van der Waals surface area contributed by atoms with E-state index in [1.165, 1.54) is 31.2 Å². The predicted molar refractivity (Wildman–Crippen MR) is 115 cm³/mol. The molecule has 1 N–H and O–H groups in total. The van der Waals surface area contributed by atoms with E-state index in [9.17, 15) is 4.79 Å². The van der Waals surface area contributed by atoms with Crippen LogP contribution in [0.25, 0.3) is 0 Å². The van der Waals surface area contributed by atoms with Gasteiger partial charge in [-0.25, -0.2) is 0 Å². The molecule has 1 aromatic rings. The lowest BCUT2D eigenvalue weighted by Gasteiger charge is -2.26. The molecule has 3 fully saturated rings. The van der Waals surface area contributed by atoms with Gasteiger partial charge in [-0.2, -0.15) is 0 Å². The van der Waals surface area contributed by atoms with Crippen molar-refractivity contribution >= 4 is 30.7 Å². The SMILES string of the molecule is CN1[C@H]2CC[C@@H]1CN(C(=O)c1cccc(CC3CCNCC3)c1)CC2.Cl.Cl. The van der Waals surface area contributed by atoms with Crippen LogP contribution < -0.4 is 5.32 Å². The molecule has 6 heteroatoms. The number of carbonyl (C=O) groups is 1. The van der Waals surface area contributed by atoms with Gasteiger partial charge in [-0.1, -0.05) is 12.1 Å². The Morgan fingerprint density at radius 2 is 1.81 bits per heavy atom. The van der Waals surface area contributed by atoms with Gasteiger partial charge in [0.1, 0.15) is 0 Å². The average Bonchev–Trinajstić information content (AvgIpc) is 2.88. The van der Waals surface area contributed by atoms with Crippen LogP contribution in [0.2, 0.25) is 0 Å². The molecule has 27 heavy (non-hydrogen) atoms. The van der Waals surface area contributed by atoms with Gasteiger partial charge in [-0.05, 0) is 82.3 Å². The van der Waals surface area contributed by atoms with E-state index in [4.69, 9.17) is 0 Å². The Hall–Kier alpha value is -0.810. The standard InChI is InChI=1S/C21H31N3O.2ClH/c1-23-19-5-6-20(23)15-24(12-9-19)21(25)18-4-2-3-17(14-18)13-16-7-10-22-11-8-16;;/h2-4,14,16,19-20,22H,5-13,15H2,1H3;2*1H/t19-,20+;;/m0../s1. The van der Waals surface area contributed by atoms with Gasteiger partial charge in [0.15, 0.2) is 0 Å². The summed E-state index contributed by atoms with van der Waals surface area (Å²) in [6.07, 6.45) is 7.26. The lowest BCUT2D eigenvalue weighted by molar-refractivity contribution is 0.0740. The summed E-state index contributed by atoms with van der Waals surface area (Å²) in [5.74, 6) is 0.988. The first-order valence-electron chi connectivity index (χ1n) is 10.0. The number of nitrogens with zero attached hydrogens (tertiary/aromatic N) is 2. The van der Waals surface area contributed by atoms with Gasteiger partial charge >= 0.3 is 0 Å². The Morgan fingerprint density at radius 3 is 2.59 bits per heavy atom. The van der Waals surface area contributed by atoms with Crippen molar-refractivity contribution in [1.82, 2.24) is 15.1 Å². The van der Waals surface area contributed by atoms with Gasteiger partial charge in [0.25, 0.3) is 5.91 Å². The molecule has 4 rings (SSSR count). The molecule has 4 nitrogen and oxygen atoms in total. The lowest BCUT2D eigenvalue weighted by atomic mass is 9.90. The van der Waals surface area contributed by atoms with Crippen molar-refractivity contribution in [1.29, 1.82) is 0 Å². The minimum atomic E-state index is 0. The Labute approximate surface area is 175 Å². The first kappa shape index (κ1) is 22.5. The molecule has 3 aliphatic rings. The molecule has 1 amide bonds. The molecule has 2 bridgehead atoms. The Morgan fingerprint density at radius 1 is 1.07 bits per heavy atom. The Bertz CT molecular complexity index is 621. The highest BCUT2D eigenvalue weighted by molar-refractivity contribution is 5.94. The molecule has 3 heterocycles. The minimum Gasteiger partial charge on any atom is -0.337 e. The molecule has 3 saturated heterocycles. The summed E-state index contributed by atoms with van der Waals surface area (Å²) in [6.45, 7) is 4.06. The molecule has 0 unspecified atom stereocenters. The number of likely N-dealkylation sites (N-methyl/N-ethyl adjacent to an activating group) is 1. The second kappa shape index (κ2) is 10.1. The number of carbonyl (C=O) groups excluding carboxylic acids is 1. The van der Waals surface area contributed by atoms with Gasteiger partial charge in [0, 0.05) is 30.7 Å². The topological polar surface area (TPSA) is 35.6 Å². The van der Waals surface area contributed by atoms with Gasteiger partial charge in [0.05, 0.1) is 0 Å². The second-order valence-corrected chi connectivity index (χ2v) is 8.19. The third kappa shape index (κ3) is 5.17. The molecule has 2 atom stereocenters. The summed E-state index contributed by atoms with van der Waals surface area (Å²) >= 11 is 0. The van der Waals surface area contributed by atoms with Crippen molar-refractivity contribution in [3.05, 3.63) is 35.4 Å². The third-order valence-electron chi connectivity index (χ3n) is 6.59. The molecule has 3 aliphatic heterocycles. The van der Waals surface area contributed by atoms with Gasteiger partial charge in [0.2, 0.25) is 0 Å². The molecule has 0 aromatic heterocycles. The molecular formula is C21H33Cl2N3O.